The molecule has 2 amide bonds. The Bertz CT molecular complexity index is 822. The number of benzene rings is 1. The Hall–Kier alpha value is -2.89. The maximum absolute atomic E-state index is 12.7. The molecule has 142 valence electrons. The summed E-state index contributed by atoms with van der Waals surface area (Å²) in [5.74, 6) is 1.02. The number of carbonyl (C=O) groups excluding carboxylic acids is 2. The normalized spacial score (nSPS) is 16.7. The predicted octanol–water partition coefficient (Wildman–Crippen LogP) is 2.82. The lowest BCUT2D eigenvalue weighted by Crippen LogP contribution is -2.44. The fraction of sp³-hybridized carbons (Fsp3) is 0.381. The van der Waals surface area contributed by atoms with Crippen LogP contribution in [0.1, 0.15) is 24.0 Å². The van der Waals surface area contributed by atoms with Gasteiger partial charge in [-0.1, -0.05) is 24.3 Å². The first kappa shape index (κ1) is 18.9. The molecule has 6 nitrogen and oxygen atoms in total. The van der Waals surface area contributed by atoms with E-state index in [1.54, 1.807) is 18.2 Å². The number of ether oxygens (including phenoxy) is 1. The van der Waals surface area contributed by atoms with Crippen molar-refractivity contribution in [3.63, 3.8) is 0 Å². The predicted molar refractivity (Wildman–Crippen MR) is 104 cm³/mol. The van der Waals surface area contributed by atoms with Gasteiger partial charge in [0.2, 0.25) is 11.8 Å². The molecule has 0 bridgehead atoms. The minimum Gasteiger partial charge on any atom is -0.496 e. The van der Waals surface area contributed by atoms with Crippen LogP contribution in [0.2, 0.25) is 0 Å². The second-order valence-corrected chi connectivity index (χ2v) is 6.83. The third-order valence-corrected chi connectivity index (χ3v) is 4.93. The molecule has 6 heteroatoms. The zero-order valence-electron chi connectivity index (χ0n) is 15.8. The van der Waals surface area contributed by atoms with Gasteiger partial charge in [0.25, 0.3) is 0 Å². The van der Waals surface area contributed by atoms with Gasteiger partial charge in [0.05, 0.1) is 19.4 Å². The third kappa shape index (κ3) is 4.64. The summed E-state index contributed by atoms with van der Waals surface area (Å²) >= 11 is 0. The van der Waals surface area contributed by atoms with Gasteiger partial charge >= 0.3 is 0 Å². The second-order valence-electron chi connectivity index (χ2n) is 6.83. The summed E-state index contributed by atoms with van der Waals surface area (Å²) in [5, 5.41) is 2.90. The summed E-state index contributed by atoms with van der Waals surface area (Å²) in [4.78, 5) is 31.4. The van der Waals surface area contributed by atoms with Crippen molar-refractivity contribution in [1.29, 1.82) is 0 Å². The Balaban J connectivity index is 1.62. The van der Waals surface area contributed by atoms with Gasteiger partial charge in [0.15, 0.2) is 0 Å². The maximum Gasteiger partial charge on any atom is 0.230 e. The Labute approximate surface area is 159 Å². The highest BCUT2D eigenvalue weighted by atomic mass is 16.5. The number of piperidine rings is 1. The third-order valence-electron chi connectivity index (χ3n) is 4.93. The van der Waals surface area contributed by atoms with Crippen LogP contribution in [-0.4, -0.2) is 41.9 Å². The van der Waals surface area contributed by atoms with Crippen LogP contribution in [0.4, 0.5) is 5.82 Å². The summed E-state index contributed by atoms with van der Waals surface area (Å²) in [6, 6.07) is 11.3. The van der Waals surface area contributed by atoms with E-state index in [2.05, 4.69) is 10.3 Å². The smallest absolute Gasteiger partial charge is 0.230 e. The maximum atomic E-state index is 12.7. The number of carbonyl (C=O) groups is 2. The van der Waals surface area contributed by atoms with Crippen LogP contribution in [0, 0.1) is 12.8 Å². The number of pyridine rings is 1. The number of rotatable bonds is 5. The molecule has 1 aliphatic heterocycles. The van der Waals surface area contributed by atoms with E-state index in [0.717, 1.165) is 24.0 Å². The highest BCUT2D eigenvalue weighted by Crippen LogP contribution is 2.22. The molecule has 1 atom stereocenters. The number of nitrogens with one attached hydrogen (secondary N) is 1. The number of para-hydroxylation sites is 1. The molecular weight excluding hydrogens is 342 g/mol. The fourth-order valence-corrected chi connectivity index (χ4v) is 3.38. The van der Waals surface area contributed by atoms with Crippen LogP contribution in [0.3, 0.4) is 0 Å². The van der Waals surface area contributed by atoms with Crippen LogP contribution in [0.15, 0.2) is 42.6 Å². The number of aryl methyl sites for hydroxylation is 1. The Morgan fingerprint density at radius 2 is 2.07 bits per heavy atom. The summed E-state index contributed by atoms with van der Waals surface area (Å²) in [5.41, 5.74) is 1.78. The minimum atomic E-state index is -0.221. The molecule has 1 N–H and O–H groups in total. The van der Waals surface area contributed by atoms with E-state index < -0.39 is 0 Å². The zero-order valence-corrected chi connectivity index (χ0v) is 15.8. The van der Waals surface area contributed by atoms with Crippen LogP contribution >= 0.6 is 0 Å². The Morgan fingerprint density at radius 1 is 1.26 bits per heavy atom. The van der Waals surface area contributed by atoms with Crippen molar-refractivity contribution in [2.75, 3.05) is 25.5 Å². The van der Waals surface area contributed by atoms with Gasteiger partial charge in [-0.05, 0) is 37.5 Å². The van der Waals surface area contributed by atoms with Gasteiger partial charge in [-0.2, -0.15) is 0 Å². The monoisotopic (exact) mass is 367 g/mol. The van der Waals surface area contributed by atoms with Crippen molar-refractivity contribution in [2.45, 2.75) is 26.2 Å². The van der Waals surface area contributed by atoms with Crippen molar-refractivity contribution >= 4 is 17.6 Å². The molecule has 0 saturated carbocycles. The van der Waals surface area contributed by atoms with Crippen molar-refractivity contribution in [3.8, 4) is 5.75 Å². The quantitative estimate of drug-likeness (QED) is 0.882. The number of anilines is 1. The zero-order chi connectivity index (χ0) is 19.2. The molecule has 1 aromatic carbocycles. The molecule has 1 unspecified atom stereocenters. The van der Waals surface area contributed by atoms with E-state index in [9.17, 15) is 9.59 Å². The van der Waals surface area contributed by atoms with Gasteiger partial charge in [-0.3, -0.25) is 9.59 Å². The van der Waals surface area contributed by atoms with Crippen molar-refractivity contribution in [2.24, 2.45) is 5.92 Å². The van der Waals surface area contributed by atoms with E-state index in [1.165, 1.54) is 0 Å². The van der Waals surface area contributed by atoms with Crippen molar-refractivity contribution in [1.82, 2.24) is 9.88 Å². The van der Waals surface area contributed by atoms with Crippen LogP contribution in [0.5, 0.6) is 5.75 Å². The van der Waals surface area contributed by atoms with E-state index in [0.29, 0.717) is 24.7 Å². The lowest BCUT2D eigenvalue weighted by molar-refractivity contribution is -0.134. The van der Waals surface area contributed by atoms with Gasteiger partial charge in [0.1, 0.15) is 11.6 Å². The van der Waals surface area contributed by atoms with Gasteiger partial charge in [-0.25, -0.2) is 4.98 Å². The molecule has 1 fully saturated rings. The molecule has 1 saturated heterocycles. The SMILES string of the molecule is COc1ccccc1CC(=O)N1CCCC(C(=O)Nc2ncccc2C)C1. The standard InChI is InChI=1S/C21H25N3O3/c1-15-7-5-11-22-20(15)23-21(26)17-9-6-12-24(14-17)19(25)13-16-8-3-4-10-18(16)27-2/h3-5,7-8,10-11,17H,6,9,12-14H2,1-2H3,(H,22,23,26). The van der Waals surface area contributed by atoms with E-state index in [1.807, 2.05) is 43.3 Å². The Kier molecular flexibility index (Phi) is 6.06. The van der Waals surface area contributed by atoms with E-state index >= 15 is 0 Å². The average molecular weight is 367 g/mol. The molecule has 0 spiro atoms. The van der Waals surface area contributed by atoms with Crippen LogP contribution in [0.25, 0.3) is 0 Å². The molecule has 27 heavy (non-hydrogen) atoms. The number of likely N-dealkylation sites (tertiary alicyclic amines) is 1. The van der Waals surface area contributed by atoms with E-state index in [-0.39, 0.29) is 24.2 Å². The molecular formula is C21H25N3O3. The molecule has 0 aliphatic carbocycles. The summed E-state index contributed by atoms with van der Waals surface area (Å²) in [6.07, 6.45) is 3.53. The first-order chi connectivity index (χ1) is 13.1. The first-order valence-electron chi connectivity index (χ1n) is 9.20. The number of aromatic nitrogens is 1. The van der Waals surface area contributed by atoms with Gasteiger partial charge in [0, 0.05) is 24.8 Å². The summed E-state index contributed by atoms with van der Waals surface area (Å²) in [6.45, 7) is 3.03. The number of methoxy groups -OCH3 is 1. The topological polar surface area (TPSA) is 71.5 Å². The minimum absolute atomic E-state index is 0.0195. The van der Waals surface area contributed by atoms with E-state index in [4.69, 9.17) is 4.74 Å². The molecule has 1 aromatic heterocycles. The van der Waals surface area contributed by atoms with Gasteiger partial charge < -0.3 is 15.0 Å². The lowest BCUT2D eigenvalue weighted by atomic mass is 9.96. The molecule has 3 rings (SSSR count). The van der Waals surface area contributed by atoms with Crippen LogP contribution in [-0.2, 0) is 16.0 Å². The molecule has 0 radical (unpaired) electrons. The summed E-state index contributed by atoms with van der Waals surface area (Å²) in [7, 11) is 1.60. The Morgan fingerprint density at radius 3 is 2.85 bits per heavy atom. The molecule has 2 aromatic rings. The number of nitrogens with zero attached hydrogens (tertiary/aromatic N) is 2. The number of hydrogen-bond acceptors (Lipinski definition) is 4. The van der Waals surface area contributed by atoms with Crippen molar-refractivity contribution < 1.29 is 14.3 Å². The molecule has 2 heterocycles. The average Bonchev–Trinajstić information content (AvgIpc) is 2.70. The van der Waals surface area contributed by atoms with Crippen LogP contribution < -0.4 is 10.1 Å². The molecule has 1 aliphatic rings. The highest BCUT2D eigenvalue weighted by Gasteiger charge is 2.29. The number of amides is 2. The number of hydrogen-bond donors (Lipinski definition) is 1. The highest BCUT2D eigenvalue weighted by molar-refractivity contribution is 5.93. The summed E-state index contributed by atoms with van der Waals surface area (Å²) < 4.78 is 5.33. The fourth-order valence-electron chi connectivity index (χ4n) is 3.38. The first-order valence-corrected chi connectivity index (χ1v) is 9.20. The largest absolute Gasteiger partial charge is 0.496 e. The lowest BCUT2D eigenvalue weighted by Gasteiger charge is -2.32. The second kappa shape index (κ2) is 8.66. The van der Waals surface area contributed by atoms with Gasteiger partial charge in [-0.15, -0.1) is 0 Å². The van der Waals surface area contributed by atoms with Crippen molar-refractivity contribution in [3.05, 3.63) is 53.7 Å².